The molecule has 0 unspecified atom stereocenters. The van der Waals surface area contributed by atoms with Crippen LogP contribution in [0.3, 0.4) is 0 Å². The average Bonchev–Trinajstić information content (AvgIpc) is 3.45. The first kappa shape index (κ1) is 23.1. The molecule has 5 rings (SSSR count). The highest BCUT2D eigenvalue weighted by atomic mass is 35.5. The Balaban J connectivity index is 1.05. The molecule has 1 fully saturated rings. The van der Waals surface area contributed by atoms with Crippen molar-refractivity contribution in [2.24, 2.45) is 0 Å². The van der Waals surface area contributed by atoms with Crippen LogP contribution in [-0.4, -0.2) is 47.8 Å². The van der Waals surface area contributed by atoms with Gasteiger partial charge in [-0.3, -0.25) is 14.5 Å². The summed E-state index contributed by atoms with van der Waals surface area (Å²) in [6.07, 6.45) is 2.73. The molecular weight excluding hydrogens is 466 g/mol. The summed E-state index contributed by atoms with van der Waals surface area (Å²) in [5.41, 5.74) is 4.34. The second kappa shape index (κ2) is 10.3. The largest absolute Gasteiger partial charge is 0.340 e. The van der Waals surface area contributed by atoms with Gasteiger partial charge in [0.05, 0.1) is 6.42 Å². The van der Waals surface area contributed by atoms with E-state index < -0.39 is 0 Å². The maximum absolute atomic E-state index is 12.7. The van der Waals surface area contributed by atoms with Crippen LogP contribution in [0.15, 0.2) is 54.6 Å². The summed E-state index contributed by atoms with van der Waals surface area (Å²) < 4.78 is 0. The summed E-state index contributed by atoms with van der Waals surface area (Å²) in [5, 5.41) is 3.62. The fourth-order valence-corrected chi connectivity index (χ4v) is 5.91. The number of thiophene rings is 1. The number of amides is 2. The molecule has 1 N–H and O–H groups in total. The van der Waals surface area contributed by atoms with Crippen molar-refractivity contribution < 1.29 is 9.59 Å². The molecule has 1 aromatic heterocycles. The van der Waals surface area contributed by atoms with E-state index in [2.05, 4.69) is 40.5 Å². The van der Waals surface area contributed by atoms with Gasteiger partial charge in [-0.15, -0.1) is 11.3 Å². The summed E-state index contributed by atoms with van der Waals surface area (Å²) in [6, 6.07) is 18.5. The number of hydrogen-bond donors (Lipinski definition) is 1. The number of carbonyl (C=O) groups is 2. The van der Waals surface area contributed by atoms with E-state index in [1.807, 2.05) is 40.5 Å². The molecule has 176 valence electrons. The van der Waals surface area contributed by atoms with Crippen molar-refractivity contribution in [3.63, 3.8) is 0 Å². The fraction of sp³-hybridized carbons (Fsp3) is 0.333. The Morgan fingerprint density at radius 2 is 1.88 bits per heavy atom. The van der Waals surface area contributed by atoms with Crippen LogP contribution in [0.25, 0.3) is 10.4 Å². The molecule has 3 aromatic rings. The Morgan fingerprint density at radius 1 is 1.03 bits per heavy atom. The number of carbonyl (C=O) groups excluding carboxylic acids is 2. The van der Waals surface area contributed by atoms with Gasteiger partial charge < -0.3 is 10.2 Å². The normalized spacial score (nSPS) is 15.9. The Labute approximate surface area is 209 Å². The third-order valence-corrected chi connectivity index (χ3v) is 7.88. The lowest BCUT2D eigenvalue weighted by Gasteiger charge is -2.34. The minimum Gasteiger partial charge on any atom is -0.340 e. The Kier molecular flexibility index (Phi) is 6.99. The lowest BCUT2D eigenvalue weighted by atomic mass is 10.0. The van der Waals surface area contributed by atoms with Crippen molar-refractivity contribution in [1.29, 1.82) is 0 Å². The molecule has 2 amide bonds. The molecule has 34 heavy (non-hydrogen) atoms. The third-order valence-electron chi connectivity index (χ3n) is 6.53. The fourth-order valence-electron chi connectivity index (χ4n) is 4.68. The maximum atomic E-state index is 12.7. The number of hydrogen-bond acceptors (Lipinski definition) is 4. The van der Waals surface area contributed by atoms with Crippen molar-refractivity contribution >= 4 is 40.4 Å². The predicted molar refractivity (Wildman–Crippen MR) is 138 cm³/mol. The third kappa shape index (κ3) is 5.52. The van der Waals surface area contributed by atoms with E-state index in [0.29, 0.717) is 12.8 Å². The van der Waals surface area contributed by atoms with Gasteiger partial charge in [-0.05, 0) is 59.9 Å². The molecule has 7 heteroatoms. The number of rotatable bonds is 7. The van der Waals surface area contributed by atoms with Gasteiger partial charge in [0.25, 0.3) is 0 Å². The Bertz CT molecular complexity index is 1200. The van der Waals surface area contributed by atoms with Gasteiger partial charge in [-0.1, -0.05) is 35.9 Å². The molecule has 0 atom stereocenters. The molecule has 2 aliphatic heterocycles. The zero-order chi connectivity index (χ0) is 23.5. The number of nitrogens with zero attached hydrogens (tertiary/aromatic N) is 2. The minimum absolute atomic E-state index is 0.0575. The molecule has 3 heterocycles. The van der Waals surface area contributed by atoms with E-state index in [-0.39, 0.29) is 11.8 Å². The van der Waals surface area contributed by atoms with Crippen molar-refractivity contribution in [2.75, 3.05) is 31.5 Å². The van der Waals surface area contributed by atoms with Crippen LogP contribution >= 0.6 is 22.9 Å². The standard InChI is InChI=1S/C27H28ClN3O2S/c28-22-5-2-4-20(16-22)25-10-8-23(34-25)18-30-11-13-31(14-12-30)27(33)6-1-3-19-7-9-24-21(15-19)17-26(32)29-24/h2,4-5,7-10,15-16H,1,3,6,11-14,17-18H2,(H,29,32). The van der Waals surface area contributed by atoms with Gasteiger partial charge in [0.2, 0.25) is 11.8 Å². The lowest BCUT2D eigenvalue weighted by Crippen LogP contribution is -2.48. The molecule has 0 aliphatic carbocycles. The highest BCUT2D eigenvalue weighted by molar-refractivity contribution is 7.15. The Morgan fingerprint density at radius 3 is 2.71 bits per heavy atom. The maximum Gasteiger partial charge on any atom is 0.228 e. The van der Waals surface area contributed by atoms with Crippen molar-refractivity contribution in [2.45, 2.75) is 32.2 Å². The van der Waals surface area contributed by atoms with E-state index in [1.54, 1.807) is 0 Å². The van der Waals surface area contributed by atoms with Gasteiger partial charge in [-0.2, -0.15) is 0 Å². The summed E-state index contributed by atoms with van der Waals surface area (Å²) >= 11 is 7.94. The molecule has 5 nitrogen and oxygen atoms in total. The molecule has 0 spiro atoms. The number of halogens is 1. The first-order valence-corrected chi connectivity index (χ1v) is 13.0. The van der Waals surface area contributed by atoms with E-state index in [9.17, 15) is 9.59 Å². The molecular formula is C27H28ClN3O2S. The first-order valence-electron chi connectivity index (χ1n) is 11.8. The van der Waals surface area contributed by atoms with Gasteiger partial charge in [-0.25, -0.2) is 0 Å². The smallest absolute Gasteiger partial charge is 0.228 e. The lowest BCUT2D eigenvalue weighted by molar-refractivity contribution is -0.133. The molecule has 1 saturated heterocycles. The summed E-state index contributed by atoms with van der Waals surface area (Å²) in [4.78, 5) is 31.2. The van der Waals surface area contributed by atoms with Crippen molar-refractivity contribution in [3.8, 4) is 10.4 Å². The van der Waals surface area contributed by atoms with Crippen molar-refractivity contribution in [3.05, 3.63) is 75.6 Å². The van der Waals surface area contributed by atoms with Gasteiger partial charge in [0.1, 0.15) is 0 Å². The van der Waals surface area contributed by atoms with Crippen LogP contribution in [0, 0.1) is 0 Å². The number of benzene rings is 2. The zero-order valence-corrected chi connectivity index (χ0v) is 20.6. The quantitative estimate of drug-likeness (QED) is 0.490. The van der Waals surface area contributed by atoms with E-state index in [4.69, 9.17) is 11.6 Å². The molecule has 2 aromatic carbocycles. The van der Waals surface area contributed by atoms with Gasteiger partial charge in [0.15, 0.2) is 0 Å². The monoisotopic (exact) mass is 493 g/mol. The molecule has 0 saturated carbocycles. The number of fused-ring (bicyclic) bond motifs is 1. The average molecular weight is 494 g/mol. The number of nitrogens with one attached hydrogen (secondary N) is 1. The van der Waals surface area contributed by atoms with Crippen LogP contribution in [0.2, 0.25) is 5.02 Å². The molecule has 0 bridgehead atoms. The second-order valence-corrected chi connectivity index (χ2v) is 10.6. The summed E-state index contributed by atoms with van der Waals surface area (Å²) in [5.74, 6) is 0.305. The van der Waals surface area contributed by atoms with E-state index in [0.717, 1.165) is 67.4 Å². The molecule has 2 aliphatic rings. The van der Waals surface area contributed by atoms with Gasteiger partial charge >= 0.3 is 0 Å². The topological polar surface area (TPSA) is 52.7 Å². The van der Waals surface area contributed by atoms with Gasteiger partial charge in [0, 0.05) is 59.6 Å². The minimum atomic E-state index is 0.0575. The second-order valence-electron chi connectivity index (χ2n) is 9.00. The highest BCUT2D eigenvalue weighted by Crippen LogP contribution is 2.30. The number of piperazine rings is 1. The SMILES string of the molecule is O=C1Cc2cc(CCCC(=O)N3CCN(Cc4ccc(-c5cccc(Cl)c5)s4)CC3)ccc2N1. The van der Waals surface area contributed by atoms with Crippen LogP contribution in [0.1, 0.15) is 28.8 Å². The highest BCUT2D eigenvalue weighted by Gasteiger charge is 2.22. The van der Waals surface area contributed by atoms with Crippen LogP contribution < -0.4 is 5.32 Å². The van der Waals surface area contributed by atoms with Crippen molar-refractivity contribution in [1.82, 2.24) is 9.80 Å². The summed E-state index contributed by atoms with van der Waals surface area (Å²) in [6.45, 7) is 4.31. The molecule has 0 radical (unpaired) electrons. The zero-order valence-electron chi connectivity index (χ0n) is 19.1. The number of anilines is 1. The van der Waals surface area contributed by atoms with Crippen LogP contribution in [0.4, 0.5) is 5.69 Å². The van der Waals surface area contributed by atoms with E-state index >= 15 is 0 Å². The van der Waals surface area contributed by atoms with Crippen LogP contribution in [0.5, 0.6) is 0 Å². The number of aryl methyl sites for hydroxylation is 1. The van der Waals surface area contributed by atoms with Crippen LogP contribution in [-0.2, 0) is 29.0 Å². The van der Waals surface area contributed by atoms with E-state index in [1.165, 1.54) is 15.3 Å². The Hall–Kier alpha value is -2.67. The summed E-state index contributed by atoms with van der Waals surface area (Å²) in [7, 11) is 0. The predicted octanol–water partition coefficient (Wildman–Crippen LogP) is 5.23. The first-order chi connectivity index (χ1) is 16.5.